The summed E-state index contributed by atoms with van der Waals surface area (Å²) in [6.07, 6.45) is -0.673. The summed E-state index contributed by atoms with van der Waals surface area (Å²) in [5, 5.41) is 3.22. The molecule has 1 unspecified atom stereocenters. The zero-order valence-corrected chi connectivity index (χ0v) is 14.5. The van der Waals surface area contributed by atoms with Crippen LogP contribution in [0.3, 0.4) is 0 Å². The maximum atomic E-state index is 12.5. The summed E-state index contributed by atoms with van der Waals surface area (Å²) in [6, 6.07) is 12.0. The number of halogens is 1. The maximum absolute atomic E-state index is 12.5. The van der Waals surface area contributed by atoms with E-state index in [4.69, 9.17) is 21.1 Å². The maximum Gasteiger partial charge on any atom is 0.268 e. The number of benzene rings is 2. The molecule has 130 valence electrons. The molecule has 0 radical (unpaired) electrons. The molecule has 1 atom stereocenters. The molecular weight excluding hydrogens is 344 g/mol. The Hall–Kier alpha value is -2.73. The van der Waals surface area contributed by atoms with Crippen LogP contribution in [0.5, 0.6) is 11.5 Å². The van der Waals surface area contributed by atoms with Crippen molar-refractivity contribution < 1.29 is 19.1 Å². The number of anilines is 2. The summed E-state index contributed by atoms with van der Waals surface area (Å²) in [5.41, 5.74) is 1.01. The Kier molecular flexibility index (Phi) is 4.81. The van der Waals surface area contributed by atoms with Gasteiger partial charge in [0.15, 0.2) is 6.10 Å². The number of amides is 2. The smallest absolute Gasteiger partial charge is 0.268 e. The van der Waals surface area contributed by atoms with Crippen molar-refractivity contribution in [3.8, 4) is 11.5 Å². The minimum atomic E-state index is -0.673. The molecular formula is C18H17ClN2O4. The van der Waals surface area contributed by atoms with Crippen molar-refractivity contribution in [3.63, 3.8) is 0 Å². The average Bonchev–Trinajstić information content (AvgIpc) is 2.60. The van der Waals surface area contributed by atoms with Gasteiger partial charge in [0.25, 0.3) is 5.91 Å². The summed E-state index contributed by atoms with van der Waals surface area (Å²) >= 11 is 6.02. The fourth-order valence-electron chi connectivity index (χ4n) is 2.62. The third-order valence-corrected chi connectivity index (χ3v) is 4.05. The molecule has 1 aliphatic rings. The topological polar surface area (TPSA) is 67.9 Å². The third kappa shape index (κ3) is 3.53. The van der Waals surface area contributed by atoms with Crippen molar-refractivity contribution in [1.82, 2.24) is 0 Å². The highest BCUT2D eigenvalue weighted by Crippen LogP contribution is 2.36. The molecule has 0 spiro atoms. The van der Waals surface area contributed by atoms with E-state index in [1.54, 1.807) is 49.4 Å². The fourth-order valence-corrected chi connectivity index (χ4v) is 2.79. The molecule has 0 aromatic heterocycles. The summed E-state index contributed by atoms with van der Waals surface area (Å²) in [7, 11) is 1.52. The van der Waals surface area contributed by atoms with E-state index in [0.717, 1.165) is 0 Å². The van der Waals surface area contributed by atoms with E-state index >= 15 is 0 Å². The van der Waals surface area contributed by atoms with E-state index < -0.39 is 6.10 Å². The second-order valence-corrected chi connectivity index (χ2v) is 5.98. The van der Waals surface area contributed by atoms with Crippen molar-refractivity contribution in [1.29, 1.82) is 0 Å². The minimum Gasteiger partial charge on any atom is -0.495 e. The predicted molar refractivity (Wildman–Crippen MR) is 95.5 cm³/mol. The second kappa shape index (κ2) is 7.03. The number of fused-ring (bicyclic) bond motifs is 1. The van der Waals surface area contributed by atoms with Gasteiger partial charge in [0.1, 0.15) is 18.0 Å². The first-order valence-corrected chi connectivity index (χ1v) is 8.08. The van der Waals surface area contributed by atoms with Gasteiger partial charge in [-0.05, 0) is 37.3 Å². The number of para-hydroxylation sites is 2. The molecule has 1 N–H and O–H groups in total. The first-order chi connectivity index (χ1) is 12.0. The summed E-state index contributed by atoms with van der Waals surface area (Å²) in [4.78, 5) is 26.3. The van der Waals surface area contributed by atoms with Gasteiger partial charge in [-0.2, -0.15) is 0 Å². The molecule has 7 heteroatoms. The Morgan fingerprint density at radius 2 is 2.08 bits per heavy atom. The molecule has 1 aliphatic heterocycles. The Balaban J connectivity index is 1.83. The standard InChI is InChI=1S/C18H17ClN2O4/c1-11-18(23)21(14-9-12(19)7-8-16(14)25-11)10-17(22)20-13-5-3-4-6-15(13)24-2/h3-9,11H,10H2,1-2H3,(H,20,22). The third-order valence-electron chi connectivity index (χ3n) is 3.81. The van der Waals surface area contributed by atoms with Gasteiger partial charge in [-0.15, -0.1) is 0 Å². The molecule has 6 nitrogen and oxygen atoms in total. The number of rotatable bonds is 4. The van der Waals surface area contributed by atoms with Crippen molar-refractivity contribution in [2.75, 3.05) is 23.9 Å². The first kappa shape index (κ1) is 17.1. The van der Waals surface area contributed by atoms with Crippen LogP contribution in [0.2, 0.25) is 5.02 Å². The van der Waals surface area contributed by atoms with Crippen molar-refractivity contribution in [2.45, 2.75) is 13.0 Å². The molecule has 0 fully saturated rings. The summed E-state index contributed by atoms with van der Waals surface area (Å²) < 4.78 is 10.8. The van der Waals surface area contributed by atoms with Crippen LogP contribution in [0.4, 0.5) is 11.4 Å². The molecule has 2 amide bonds. The molecule has 2 aromatic rings. The fraction of sp³-hybridized carbons (Fsp3) is 0.222. The SMILES string of the molecule is COc1ccccc1NC(=O)CN1C(=O)C(C)Oc2ccc(Cl)cc21. The monoisotopic (exact) mass is 360 g/mol. The lowest BCUT2D eigenvalue weighted by molar-refractivity contribution is -0.127. The zero-order chi connectivity index (χ0) is 18.0. The van der Waals surface area contributed by atoms with Crippen molar-refractivity contribution >= 4 is 34.8 Å². The van der Waals surface area contributed by atoms with E-state index in [1.165, 1.54) is 12.0 Å². The largest absolute Gasteiger partial charge is 0.495 e. The van der Waals surface area contributed by atoms with Gasteiger partial charge in [0.2, 0.25) is 5.91 Å². The highest BCUT2D eigenvalue weighted by atomic mass is 35.5. The highest BCUT2D eigenvalue weighted by Gasteiger charge is 2.33. The Morgan fingerprint density at radius 1 is 1.32 bits per heavy atom. The van der Waals surface area contributed by atoms with E-state index in [1.807, 2.05) is 0 Å². The van der Waals surface area contributed by atoms with E-state index in [-0.39, 0.29) is 18.4 Å². The van der Waals surface area contributed by atoms with E-state index in [2.05, 4.69) is 5.32 Å². The van der Waals surface area contributed by atoms with Crippen LogP contribution in [0.15, 0.2) is 42.5 Å². The molecule has 25 heavy (non-hydrogen) atoms. The van der Waals surface area contributed by atoms with Gasteiger partial charge in [-0.1, -0.05) is 23.7 Å². The molecule has 0 saturated carbocycles. The highest BCUT2D eigenvalue weighted by molar-refractivity contribution is 6.31. The Bertz CT molecular complexity index is 824. The number of hydrogen-bond donors (Lipinski definition) is 1. The van der Waals surface area contributed by atoms with Crippen LogP contribution in [-0.4, -0.2) is 31.6 Å². The Morgan fingerprint density at radius 3 is 2.84 bits per heavy atom. The molecule has 1 heterocycles. The van der Waals surface area contributed by atoms with Crippen LogP contribution in [0.1, 0.15) is 6.92 Å². The van der Waals surface area contributed by atoms with Crippen LogP contribution in [0, 0.1) is 0 Å². The Labute approximate surface area is 150 Å². The number of nitrogens with zero attached hydrogens (tertiary/aromatic N) is 1. The van der Waals surface area contributed by atoms with Gasteiger partial charge in [0.05, 0.1) is 18.5 Å². The van der Waals surface area contributed by atoms with Crippen molar-refractivity contribution in [2.24, 2.45) is 0 Å². The average molecular weight is 361 g/mol. The van der Waals surface area contributed by atoms with Crippen molar-refractivity contribution in [3.05, 3.63) is 47.5 Å². The molecule has 0 bridgehead atoms. The second-order valence-electron chi connectivity index (χ2n) is 5.54. The summed E-state index contributed by atoms with van der Waals surface area (Å²) in [6.45, 7) is 1.49. The van der Waals surface area contributed by atoms with Crippen LogP contribution >= 0.6 is 11.6 Å². The normalized spacial score (nSPS) is 16.0. The zero-order valence-electron chi connectivity index (χ0n) is 13.8. The quantitative estimate of drug-likeness (QED) is 0.909. The van der Waals surface area contributed by atoms with Gasteiger partial charge >= 0.3 is 0 Å². The minimum absolute atomic E-state index is 0.155. The lowest BCUT2D eigenvalue weighted by atomic mass is 10.2. The first-order valence-electron chi connectivity index (χ1n) is 7.70. The van der Waals surface area contributed by atoms with Crippen LogP contribution in [0.25, 0.3) is 0 Å². The number of ether oxygens (including phenoxy) is 2. The summed E-state index contributed by atoms with van der Waals surface area (Å²) in [5.74, 6) is 0.408. The number of nitrogens with one attached hydrogen (secondary N) is 1. The number of carbonyl (C=O) groups excluding carboxylic acids is 2. The lowest BCUT2D eigenvalue weighted by Gasteiger charge is -2.32. The van der Waals surface area contributed by atoms with E-state index in [0.29, 0.717) is 27.9 Å². The van der Waals surface area contributed by atoms with Crippen LogP contribution < -0.4 is 19.7 Å². The number of carbonyl (C=O) groups is 2. The van der Waals surface area contributed by atoms with E-state index in [9.17, 15) is 9.59 Å². The van der Waals surface area contributed by atoms with Gasteiger partial charge in [-0.3, -0.25) is 14.5 Å². The van der Waals surface area contributed by atoms with Gasteiger partial charge in [0, 0.05) is 5.02 Å². The molecule has 3 rings (SSSR count). The molecule has 0 aliphatic carbocycles. The number of hydrogen-bond acceptors (Lipinski definition) is 4. The predicted octanol–water partition coefficient (Wildman–Crippen LogP) is 3.10. The van der Waals surface area contributed by atoms with Gasteiger partial charge < -0.3 is 14.8 Å². The van der Waals surface area contributed by atoms with Gasteiger partial charge in [-0.25, -0.2) is 0 Å². The molecule has 2 aromatic carbocycles. The lowest BCUT2D eigenvalue weighted by Crippen LogP contribution is -2.47. The number of methoxy groups -OCH3 is 1. The molecule has 0 saturated heterocycles. The van der Waals surface area contributed by atoms with Crippen LogP contribution in [-0.2, 0) is 9.59 Å².